The second-order valence-electron chi connectivity index (χ2n) is 13.0. The number of nitrogens with one attached hydrogen (secondary N) is 1. The first-order valence-electron chi connectivity index (χ1n) is 14.5. The van der Waals surface area contributed by atoms with Gasteiger partial charge in [0.05, 0.1) is 34.2 Å². The van der Waals surface area contributed by atoms with Crippen molar-refractivity contribution in [2.45, 2.75) is 95.7 Å². The van der Waals surface area contributed by atoms with E-state index in [1.165, 1.54) is 0 Å². The standard InChI is InChI=1S/C31H36N8O2S/c1-19(2)35-23-15-24(25-7-6-21-14-20(16-32)17-34-38(21)25)33-18-22(23)26-36-37-27(42-26)30-8-11-31(12-9-30,13-10-30)39(28(40)41)29(3,4)5/h6-7,14-15,17-19H,8-13H2,1-5H3,(H,33,35)(H,40,41). The molecule has 11 heteroatoms. The Bertz CT molecular complexity index is 1690. The number of carboxylic acid groups (broad SMARTS) is 1. The number of aromatic nitrogens is 5. The number of hydrogen-bond acceptors (Lipinski definition) is 8. The van der Waals surface area contributed by atoms with Crippen LogP contribution in [0.15, 0.2) is 36.7 Å². The highest BCUT2D eigenvalue weighted by atomic mass is 32.1. The van der Waals surface area contributed by atoms with Crippen LogP contribution >= 0.6 is 11.3 Å². The SMILES string of the molecule is CC(C)Nc1cc(-c2ccc3cc(C#N)cnn23)ncc1-c1nnc(C23CCC(N(C(=O)O)C(C)(C)C)(CC2)CC3)s1. The summed E-state index contributed by atoms with van der Waals surface area (Å²) in [6.45, 7) is 10.2. The summed E-state index contributed by atoms with van der Waals surface area (Å²) in [5.74, 6) is 0. The summed E-state index contributed by atoms with van der Waals surface area (Å²) in [6.07, 6.45) is 7.86. The number of amides is 1. The van der Waals surface area contributed by atoms with Gasteiger partial charge in [-0.2, -0.15) is 10.4 Å². The Morgan fingerprint density at radius 3 is 2.45 bits per heavy atom. The van der Waals surface area contributed by atoms with E-state index >= 15 is 0 Å². The number of carbonyl (C=O) groups is 1. The molecule has 0 saturated heterocycles. The van der Waals surface area contributed by atoms with Crippen molar-refractivity contribution in [1.29, 1.82) is 5.26 Å². The molecule has 4 aromatic heterocycles. The molecule has 0 spiro atoms. The molecule has 3 fully saturated rings. The Hall–Kier alpha value is -4.04. The molecule has 3 aliphatic rings. The molecule has 218 valence electrons. The number of hydrogen-bond donors (Lipinski definition) is 2. The molecule has 10 nitrogen and oxygen atoms in total. The summed E-state index contributed by atoms with van der Waals surface area (Å²) < 4.78 is 1.79. The molecule has 3 saturated carbocycles. The van der Waals surface area contributed by atoms with Gasteiger partial charge in [0.25, 0.3) is 0 Å². The van der Waals surface area contributed by atoms with Crippen molar-refractivity contribution < 1.29 is 9.90 Å². The second-order valence-corrected chi connectivity index (χ2v) is 14.0. The molecule has 0 unspecified atom stereocenters. The predicted molar refractivity (Wildman–Crippen MR) is 163 cm³/mol. The van der Waals surface area contributed by atoms with Crippen molar-refractivity contribution in [3.63, 3.8) is 0 Å². The Labute approximate surface area is 249 Å². The third-order valence-corrected chi connectivity index (χ3v) is 10.1. The van der Waals surface area contributed by atoms with E-state index in [0.717, 1.165) is 76.7 Å². The topological polar surface area (TPSA) is 132 Å². The van der Waals surface area contributed by atoms with E-state index in [1.807, 2.05) is 51.2 Å². The van der Waals surface area contributed by atoms with Crippen LogP contribution in [0.2, 0.25) is 0 Å². The molecule has 4 aromatic rings. The third-order valence-electron chi connectivity index (χ3n) is 8.89. The zero-order chi connectivity index (χ0) is 29.9. The van der Waals surface area contributed by atoms with Gasteiger partial charge in [0, 0.05) is 34.4 Å². The van der Waals surface area contributed by atoms with Crippen LogP contribution in [-0.2, 0) is 5.41 Å². The van der Waals surface area contributed by atoms with Crippen LogP contribution in [-0.4, -0.2) is 58.0 Å². The molecule has 0 aliphatic heterocycles. The van der Waals surface area contributed by atoms with E-state index in [-0.39, 0.29) is 17.0 Å². The summed E-state index contributed by atoms with van der Waals surface area (Å²) >= 11 is 1.63. The molecule has 2 bridgehead atoms. The van der Waals surface area contributed by atoms with Crippen LogP contribution in [0, 0.1) is 11.3 Å². The molecule has 7 rings (SSSR count). The van der Waals surface area contributed by atoms with Crippen molar-refractivity contribution >= 4 is 28.6 Å². The first-order valence-corrected chi connectivity index (χ1v) is 15.3. The molecular formula is C31H36N8O2S. The molecule has 0 aromatic carbocycles. The van der Waals surface area contributed by atoms with E-state index in [9.17, 15) is 15.2 Å². The van der Waals surface area contributed by atoms with Crippen LogP contribution in [0.1, 0.15) is 83.7 Å². The maximum atomic E-state index is 12.3. The molecule has 4 heterocycles. The lowest BCUT2D eigenvalue weighted by Crippen LogP contribution is -2.64. The van der Waals surface area contributed by atoms with Gasteiger partial charge >= 0.3 is 6.09 Å². The van der Waals surface area contributed by atoms with Crippen molar-refractivity contribution in [1.82, 2.24) is 29.7 Å². The molecule has 0 radical (unpaired) electrons. The van der Waals surface area contributed by atoms with Gasteiger partial charge in [0.15, 0.2) is 5.01 Å². The molecule has 3 aliphatic carbocycles. The first kappa shape index (κ1) is 28.1. The lowest BCUT2D eigenvalue weighted by atomic mass is 9.56. The van der Waals surface area contributed by atoms with Gasteiger partial charge in [-0.15, -0.1) is 10.2 Å². The van der Waals surface area contributed by atoms with Crippen LogP contribution in [0.5, 0.6) is 0 Å². The fourth-order valence-electron chi connectivity index (χ4n) is 7.02. The van der Waals surface area contributed by atoms with Gasteiger partial charge in [0.2, 0.25) is 0 Å². The normalized spacial score (nSPS) is 21.9. The van der Waals surface area contributed by atoms with Gasteiger partial charge in [-0.1, -0.05) is 11.3 Å². The van der Waals surface area contributed by atoms with Gasteiger partial charge in [-0.3, -0.25) is 9.88 Å². The Kier molecular flexibility index (Phi) is 6.72. The lowest BCUT2D eigenvalue weighted by molar-refractivity contribution is -0.0541. The maximum Gasteiger partial charge on any atom is 0.408 e. The monoisotopic (exact) mass is 584 g/mol. The summed E-state index contributed by atoms with van der Waals surface area (Å²) in [5.41, 5.74) is 3.97. The molecule has 1 amide bonds. The van der Waals surface area contributed by atoms with Gasteiger partial charge < -0.3 is 10.4 Å². The highest BCUT2D eigenvalue weighted by Gasteiger charge is 2.56. The van der Waals surface area contributed by atoms with Crippen LogP contribution in [0.25, 0.3) is 27.5 Å². The summed E-state index contributed by atoms with van der Waals surface area (Å²) in [4.78, 5) is 18.8. The fourth-order valence-corrected chi connectivity index (χ4v) is 8.16. The number of nitriles is 1. The largest absolute Gasteiger partial charge is 0.465 e. The Balaban J connectivity index is 1.30. The van der Waals surface area contributed by atoms with Crippen LogP contribution in [0.4, 0.5) is 10.5 Å². The van der Waals surface area contributed by atoms with Crippen molar-refractivity contribution in [3.8, 4) is 28.0 Å². The third kappa shape index (κ3) is 4.67. The first-order chi connectivity index (χ1) is 19.9. The maximum absolute atomic E-state index is 12.3. The summed E-state index contributed by atoms with van der Waals surface area (Å²) in [6, 6.07) is 10.1. The predicted octanol–water partition coefficient (Wildman–Crippen LogP) is 6.73. The fraction of sp³-hybridized carbons (Fsp3) is 0.484. The number of fused-ring (bicyclic) bond motifs is 4. The minimum absolute atomic E-state index is 0.0580. The smallest absolute Gasteiger partial charge is 0.408 e. The Morgan fingerprint density at radius 1 is 1.12 bits per heavy atom. The average molecular weight is 585 g/mol. The van der Waals surface area contributed by atoms with E-state index < -0.39 is 11.6 Å². The van der Waals surface area contributed by atoms with Gasteiger partial charge in [-0.05, 0) is 97.4 Å². The van der Waals surface area contributed by atoms with Crippen molar-refractivity contribution in [2.75, 3.05) is 5.32 Å². The number of rotatable bonds is 6. The van der Waals surface area contributed by atoms with Crippen molar-refractivity contribution in [3.05, 3.63) is 47.2 Å². The van der Waals surface area contributed by atoms with E-state index in [1.54, 1.807) is 26.9 Å². The Morgan fingerprint density at radius 2 is 1.83 bits per heavy atom. The van der Waals surface area contributed by atoms with Crippen LogP contribution in [0.3, 0.4) is 0 Å². The van der Waals surface area contributed by atoms with E-state index in [4.69, 9.17) is 10.1 Å². The number of pyridine rings is 1. The lowest BCUT2D eigenvalue weighted by Gasteiger charge is -2.59. The molecule has 42 heavy (non-hydrogen) atoms. The zero-order valence-corrected chi connectivity index (χ0v) is 25.5. The van der Waals surface area contributed by atoms with E-state index in [2.05, 4.69) is 35.4 Å². The quantitative estimate of drug-likeness (QED) is 0.255. The molecular weight excluding hydrogens is 548 g/mol. The van der Waals surface area contributed by atoms with Crippen molar-refractivity contribution in [2.24, 2.45) is 0 Å². The van der Waals surface area contributed by atoms with Gasteiger partial charge in [-0.25, -0.2) is 9.31 Å². The minimum atomic E-state index is -0.827. The zero-order valence-electron chi connectivity index (χ0n) is 24.7. The summed E-state index contributed by atoms with van der Waals surface area (Å²) in [7, 11) is 0. The minimum Gasteiger partial charge on any atom is -0.465 e. The van der Waals surface area contributed by atoms with E-state index in [0.29, 0.717) is 5.56 Å². The summed E-state index contributed by atoms with van der Waals surface area (Å²) in [5, 5.41) is 38.6. The molecule has 0 atom stereocenters. The highest BCUT2D eigenvalue weighted by molar-refractivity contribution is 7.14. The highest BCUT2D eigenvalue weighted by Crippen LogP contribution is 2.57. The number of anilines is 1. The number of nitrogens with zero attached hydrogens (tertiary/aromatic N) is 7. The molecule has 2 N–H and O–H groups in total. The van der Waals surface area contributed by atoms with Crippen LogP contribution < -0.4 is 5.32 Å². The second kappa shape index (κ2) is 10.1. The van der Waals surface area contributed by atoms with Gasteiger partial charge in [0.1, 0.15) is 11.1 Å². The average Bonchev–Trinajstić information content (AvgIpc) is 3.60.